The van der Waals surface area contributed by atoms with Crippen LogP contribution in [-0.2, 0) is 0 Å². The van der Waals surface area contributed by atoms with E-state index in [4.69, 9.17) is 5.26 Å². The van der Waals surface area contributed by atoms with E-state index in [-0.39, 0.29) is 0 Å². The molecule has 0 aliphatic carbocycles. The summed E-state index contributed by atoms with van der Waals surface area (Å²) in [5, 5.41) is 12.2. The first kappa shape index (κ1) is 13.5. The maximum absolute atomic E-state index is 9.16. The van der Waals surface area contributed by atoms with Gasteiger partial charge < -0.3 is 10.2 Å². The highest BCUT2D eigenvalue weighted by molar-refractivity contribution is 5.54. The van der Waals surface area contributed by atoms with Gasteiger partial charge in [0.05, 0.1) is 6.07 Å². The second-order valence-electron chi connectivity index (χ2n) is 4.84. The zero-order valence-electron chi connectivity index (χ0n) is 11.3. The molecule has 0 aromatic heterocycles. The molecule has 0 saturated heterocycles. The monoisotopic (exact) mass is 231 g/mol. The molecule has 0 fully saturated rings. The molecule has 92 valence electrons. The first-order chi connectivity index (χ1) is 7.91. The minimum atomic E-state index is -0.522. The van der Waals surface area contributed by atoms with E-state index >= 15 is 0 Å². The lowest BCUT2D eigenvalue weighted by Gasteiger charge is -2.30. The van der Waals surface area contributed by atoms with Gasteiger partial charge in [0.25, 0.3) is 0 Å². The van der Waals surface area contributed by atoms with Gasteiger partial charge in [-0.3, -0.25) is 0 Å². The van der Waals surface area contributed by atoms with Crippen molar-refractivity contribution in [2.24, 2.45) is 0 Å². The van der Waals surface area contributed by atoms with E-state index in [1.165, 1.54) is 16.8 Å². The Morgan fingerprint density at radius 3 is 2.53 bits per heavy atom. The molecule has 0 heterocycles. The highest BCUT2D eigenvalue weighted by Crippen LogP contribution is 2.21. The first-order valence-corrected chi connectivity index (χ1v) is 5.80. The van der Waals surface area contributed by atoms with Crippen LogP contribution < -0.4 is 10.2 Å². The van der Waals surface area contributed by atoms with Gasteiger partial charge in [-0.15, -0.1) is 0 Å². The number of benzene rings is 1. The molecule has 1 unspecified atom stereocenters. The second kappa shape index (κ2) is 5.20. The molecule has 0 aliphatic rings. The lowest BCUT2D eigenvalue weighted by Crippen LogP contribution is -2.48. The van der Waals surface area contributed by atoms with Crippen LogP contribution in [0.4, 0.5) is 5.69 Å². The number of hydrogen-bond donors (Lipinski definition) is 1. The van der Waals surface area contributed by atoms with E-state index in [9.17, 15) is 0 Å². The van der Waals surface area contributed by atoms with Gasteiger partial charge in [0.1, 0.15) is 5.54 Å². The van der Waals surface area contributed by atoms with Crippen molar-refractivity contribution in [1.29, 1.82) is 5.26 Å². The van der Waals surface area contributed by atoms with Crippen LogP contribution in [0.3, 0.4) is 0 Å². The van der Waals surface area contributed by atoms with Crippen molar-refractivity contribution in [3.05, 3.63) is 29.3 Å². The fourth-order valence-corrected chi connectivity index (χ4v) is 1.96. The van der Waals surface area contributed by atoms with Crippen LogP contribution in [0.25, 0.3) is 0 Å². The first-order valence-electron chi connectivity index (χ1n) is 5.80. The van der Waals surface area contributed by atoms with Crippen molar-refractivity contribution in [1.82, 2.24) is 5.32 Å². The van der Waals surface area contributed by atoms with Gasteiger partial charge in [-0.2, -0.15) is 5.26 Å². The molecule has 0 saturated carbocycles. The number of rotatable bonds is 4. The van der Waals surface area contributed by atoms with E-state index < -0.39 is 5.54 Å². The van der Waals surface area contributed by atoms with E-state index in [1.807, 2.05) is 21.0 Å². The summed E-state index contributed by atoms with van der Waals surface area (Å²) in [5.41, 5.74) is 3.15. The molecule has 1 atom stereocenters. The Labute approximate surface area is 104 Å². The average molecular weight is 231 g/mol. The number of hydrogen-bond acceptors (Lipinski definition) is 3. The van der Waals surface area contributed by atoms with Gasteiger partial charge in [-0.1, -0.05) is 17.7 Å². The quantitative estimate of drug-likeness (QED) is 0.863. The molecule has 3 nitrogen and oxygen atoms in total. The minimum Gasteiger partial charge on any atom is -0.371 e. The van der Waals surface area contributed by atoms with Gasteiger partial charge in [0.2, 0.25) is 0 Å². The zero-order chi connectivity index (χ0) is 13.1. The number of nitrogens with zero attached hydrogens (tertiary/aromatic N) is 2. The van der Waals surface area contributed by atoms with E-state index in [0.29, 0.717) is 6.54 Å². The molecule has 17 heavy (non-hydrogen) atoms. The van der Waals surface area contributed by atoms with Gasteiger partial charge in [-0.25, -0.2) is 0 Å². The van der Waals surface area contributed by atoms with Crippen LogP contribution in [0.2, 0.25) is 0 Å². The molecule has 0 radical (unpaired) electrons. The fraction of sp³-hybridized carbons (Fsp3) is 0.500. The minimum absolute atomic E-state index is 0.522. The normalized spacial score (nSPS) is 13.9. The molecule has 0 amide bonds. The molecule has 0 spiro atoms. The van der Waals surface area contributed by atoms with Gasteiger partial charge in [-0.05, 0) is 39.4 Å². The fourth-order valence-electron chi connectivity index (χ4n) is 1.96. The summed E-state index contributed by atoms with van der Waals surface area (Å²) < 4.78 is 0. The van der Waals surface area contributed by atoms with Crippen LogP contribution in [-0.4, -0.2) is 26.2 Å². The molecular formula is C14H21N3. The number of nitriles is 1. The molecule has 1 N–H and O–H groups in total. The van der Waals surface area contributed by atoms with Crippen LogP contribution in [0.15, 0.2) is 18.2 Å². The Kier molecular flexibility index (Phi) is 4.14. The van der Waals surface area contributed by atoms with Crippen LogP contribution in [0, 0.1) is 25.2 Å². The average Bonchev–Trinajstić information content (AvgIpc) is 2.28. The van der Waals surface area contributed by atoms with E-state index in [0.717, 1.165) is 0 Å². The van der Waals surface area contributed by atoms with Crippen LogP contribution >= 0.6 is 0 Å². The number of anilines is 1. The smallest absolute Gasteiger partial charge is 0.121 e. The Hall–Kier alpha value is -1.53. The lowest BCUT2D eigenvalue weighted by atomic mass is 10.0. The maximum atomic E-state index is 9.16. The maximum Gasteiger partial charge on any atom is 0.121 e. The highest BCUT2D eigenvalue weighted by atomic mass is 15.1. The third-order valence-corrected chi connectivity index (χ3v) is 3.12. The molecule has 0 bridgehead atoms. The van der Waals surface area contributed by atoms with Crippen molar-refractivity contribution in [3.8, 4) is 6.07 Å². The van der Waals surface area contributed by atoms with Crippen LogP contribution in [0.5, 0.6) is 0 Å². The van der Waals surface area contributed by atoms with Crippen molar-refractivity contribution in [2.45, 2.75) is 26.3 Å². The summed E-state index contributed by atoms with van der Waals surface area (Å²) in [5.74, 6) is 0. The Morgan fingerprint density at radius 1 is 1.41 bits per heavy atom. The van der Waals surface area contributed by atoms with E-state index in [1.54, 1.807) is 0 Å². The van der Waals surface area contributed by atoms with Crippen molar-refractivity contribution < 1.29 is 0 Å². The number of likely N-dealkylation sites (N-methyl/N-ethyl adjacent to an activating group) is 2. The van der Waals surface area contributed by atoms with E-state index in [2.05, 4.69) is 48.3 Å². The lowest BCUT2D eigenvalue weighted by molar-refractivity contribution is 0.492. The van der Waals surface area contributed by atoms with Crippen LogP contribution in [0.1, 0.15) is 18.1 Å². The molecule has 1 rings (SSSR count). The van der Waals surface area contributed by atoms with Crippen molar-refractivity contribution in [2.75, 3.05) is 25.5 Å². The Morgan fingerprint density at radius 2 is 2.06 bits per heavy atom. The molecule has 0 aliphatic heterocycles. The SMILES string of the molecule is CNC(C)(C#N)CN(C)c1ccc(C)cc1C. The summed E-state index contributed by atoms with van der Waals surface area (Å²) in [6.45, 7) is 6.75. The third-order valence-electron chi connectivity index (χ3n) is 3.12. The predicted octanol–water partition coefficient (Wildman–Crippen LogP) is 2.24. The summed E-state index contributed by atoms with van der Waals surface area (Å²) in [7, 11) is 3.84. The van der Waals surface area contributed by atoms with Crippen molar-refractivity contribution >= 4 is 5.69 Å². The van der Waals surface area contributed by atoms with Gasteiger partial charge in [0.15, 0.2) is 0 Å². The Balaban J connectivity index is 2.91. The predicted molar refractivity (Wildman–Crippen MR) is 72.3 cm³/mol. The highest BCUT2D eigenvalue weighted by Gasteiger charge is 2.23. The molecule has 1 aromatic rings. The number of nitrogens with one attached hydrogen (secondary N) is 1. The summed E-state index contributed by atoms with van der Waals surface area (Å²) >= 11 is 0. The molecular weight excluding hydrogens is 210 g/mol. The third kappa shape index (κ3) is 3.21. The van der Waals surface area contributed by atoms with Gasteiger partial charge in [0, 0.05) is 19.3 Å². The van der Waals surface area contributed by atoms with Crippen molar-refractivity contribution in [3.63, 3.8) is 0 Å². The summed E-state index contributed by atoms with van der Waals surface area (Å²) in [6.07, 6.45) is 0. The van der Waals surface area contributed by atoms with Gasteiger partial charge >= 0.3 is 0 Å². The molecule has 3 heteroatoms. The largest absolute Gasteiger partial charge is 0.371 e. The Bertz CT molecular complexity index is 434. The number of aryl methyl sites for hydroxylation is 2. The standard InChI is InChI=1S/C14H21N3/c1-11-6-7-13(12(2)8-11)17(5)10-14(3,9-15)16-4/h6-8,16H,10H2,1-5H3. The summed E-state index contributed by atoms with van der Waals surface area (Å²) in [6, 6.07) is 8.68. The summed E-state index contributed by atoms with van der Waals surface area (Å²) in [4.78, 5) is 2.12. The zero-order valence-corrected chi connectivity index (χ0v) is 11.3. The molecule has 1 aromatic carbocycles. The topological polar surface area (TPSA) is 39.1 Å². The second-order valence-corrected chi connectivity index (χ2v) is 4.84.